The number of aryl methyl sites for hydroxylation is 2. The van der Waals surface area contributed by atoms with E-state index in [0.717, 1.165) is 24.6 Å². The number of halogens is 1. The first-order valence-electron chi connectivity index (χ1n) is 7.83. The maximum Gasteiger partial charge on any atom is 0.188 e. The van der Waals surface area contributed by atoms with E-state index < -0.39 is 0 Å². The minimum Gasteiger partial charge on any atom is -0.370 e. The first kappa shape index (κ1) is 16.5. The number of fused-ring (bicyclic) bond motifs is 1. The second kappa shape index (κ2) is 7.96. The quantitative estimate of drug-likeness (QED) is 0.464. The van der Waals surface area contributed by atoms with E-state index in [1.54, 1.807) is 0 Å². The number of nitrogens with zero attached hydrogens (tertiary/aromatic N) is 2. The Morgan fingerprint density at radius 2 is 2.05 bits per heavy atom. The van der Waals surface area contributed by atoms with E-state index in [9.17, 15) is 0 Å². The van der Waals surface area contributed by atoms with E-state index in [-0.39, 0.29) is 24.0 Å². The van der Waals surface area contributed by atoms with Crippen LogP contribution in [0.4, 0.5) is 0 Å². The number of hydrogen-bond donors (Lipinski definition) is 2. The number of pyridine rings is 1. The molecule has 0 unspecified atom stereocenters. The Bertz CT molecular complexity index is 497. The zero-order valence-corrected chi connectivity index (χ0v) is 14.8. The summed E-state index contributed by atoms with van der Waals surface area (Å²) in [5.74, 6) is 1.35. The highest BCUT2D eigenvalue weighted by molar-refractivity contribution is 14.0. The smallest absolute Gasteiger partial charge is 0.188 e. The fourth-order valence-corrected chi connectivity index (χ4v) is 2.88. The second-order valence-electron chi connectivity index (χ2n) is 5.99. The number of aromatic nitrogens is 1. The van der Waals surface area contributed by atoms with Gasteiger partial charge in [0.25, 0.3) is 0 Å². The third-order valence-corrected chi connectivity index (χ3v) is 4.44. The summed E-state index contributed by atoms with van der Waals surface area (Å²) in [5, 5.41) is 3.22. The summed E-state index contributed by atoms with van der Waals surface area (Å²) in [6, 6.07) is 4.30. The summed E-state index contributed by atoms with van der Waals surface area (Å²) >= 11 is 0. The van der Waals surface area contributed by atoms with Crippen molar-refractivity contribution in [3.8, 4) is 0 Å². The highest BCUT2D eigenvalue weighted by Gasteiger charge is 2.16. The number of nitrogens with one attached hydrogen (secondary N) is 1. The minimum absolute atomic E-state index is 0. The molecule has 0 bridgehead atoms. The van der Waals surface area contributed by atoms with Crippen LogP contribution in [0, 0.1) is 5.92 Å². The van der Waals surface area contributed by atoms with Gasteiger partial charge in [0.05, 0.1) is 12.2 Å². The molecule has 0 amide bonds. The summed E-state index contributed by atoms with van der Waals surface area (Å²) in [5.41, 5.74) is 9.61. The number of hydrogen-bond acceptors (Lipinski definition) is 2. The first-order chi connectivity index (χ1) is 9.81. The first-order valence-corrected chi connectivity index (χ1v) is 7.83. The molecule has 0 atom stereocenters. The summed E-state index contributed by atoms with van der Waals surface area (Å²) in [4.78, 5) is 9.11. The lowest BCUT2D eigenvalue weighted by Gasteiger charge is -2.25. The van der Waals surface area contributed by atoms with Crippen LogP contribution in [0.5, 0.6) is 0 Å². The zero-order valence-electron chi connectivity index (χ0n) is 12.5. The maximum absolute atomic E-state index is 5.90. The summed E-state index contributed by atoms with van der Waals surface area (Å²) in [6.45, 7) is 1.55. The third kappa shape index (κ3) is 4.56. The Morgan fingerprint density at radius 3 is 2.81 bits per heavy atom. The van der Waals surface area contributed by atoms with Crippen LogP contribution in [0.15, 0.2) is 17.1 Å². The molecule has 3 rings (SSSR count). The molecule has 1 aromatic heterocycles. The Morgan fingerprint density at radius 1 is 1.24 bits per heavy atom. The lowest BCUT2D eigenvalue weighted by molar-refractivity contribution is 0.315. The van der Waals surface area contributed by atoms with Crippen molar-refractivity contribution in [3.63, 3.8) is 0 Å². The van der Waals surface area contributed by atoms with Crippen LogP contribution in [0.3, 0.4) is 0 Å². The molecule has 1 fully saturated rings. The van der Waals surface area contributed by atoms with Gasteiger partial charge in [-0.2, -0.15) is 0 Å². The van der Waals surface area contributed by atoms with Crippen molar-refractivity contribution in [2.45, 2.75) is 51.5 Å². The van der Waals surface area contributed by atoms with E-state index in [2.05, 4.69) is 22.4 Å². The highest BCUT2D eigenvalue weighted by Crippen LogP contribution is 2.25. The standard InChI is InChI=1S/C16H24N4.HI/c17-16(18-10-12-4-3-5-12)19-11-14-9-8-13-6-1-2-7-15(13)20-14;/h8-9,12H,1-7,10-11H2,(H3,17,18,19);1H. The molecule has 4 nitrogen and oxygen atoms in total. The Hall–Kier alpha value is -0.850. The van der Waals surface area contributed by atoms with Crippen LogP contribution < -0.4 is 11.1 Å². The molecule has 0 aliphatic heterocycles. The molecule has 0 radical (unpaired) electrons. The van der Waals surface area contributed by atoms with Gasteiger partial charge in [-0.15, -0.1) is 24.0 Å². The van der Waals surface area contributed by atoms with Gasteiger partial charge >= 0.3 is 0 Å². The topological polar surface area (TPSA) is 63.3 Å². The van der Waals surface area contributed by atoms with E-state index in [4.69, 9.17) is 10.7 Å². The van der Waals surface area contributed by atoms with Crippen LogP contribution in [0.1, 0.15) is 49.1 Å². The van der Waals surface area contributed by atoms with Gasteiger partial charge in [-0.3, -0.25) is 4.98 Å². The molecule has 3 N–H and O–H groups in total. The predicted molar refractivity (Wildman–Crippen MR) is 97.0 cm³/mol. The van der Waals surface area contributed by atoms with Crippen LogP contribution in [0.25, 0.3) is 0 Å². The SMILES string of the molecule is I.NC(=NCc1ccc2c(n1)CCCC2)NCC1CCC1. The Kier molecular flexibility index (Phi) is 6.26. The summed E-state index contributed by atoms with van der Waals surface area (Å²) in [7, 11) is 0. The summed E-state index contributed by atoms with van der Waals surface area (Å²) in [6.07, 6.45) is 8.86. The Labute approximate surface area is 144 Å². The number of rotatable bonds is 4. The fourth-order valence-electron chi connectivity index (χ4n) is 2.88. The van der Waals surface area contributed by atoms with E-state index in [1.807, 2.05) is 0 Å². The largest absolute Gasteiger partial charge is 0.370 e. The third-order valence-electron chi connectivity index (χ3n) is 4.44. The normalized spacial score (nSPS) is 18.4. The van der Waals surface area contributed by atoms with Crippen LogP contribution in [0.2, 0.25) is 0 Å². The van der Waals surface area contributed by atoms with E-state index in [0.29, 0.717) is 12.5 Å². The van der Waals surface area contributed by atoms with Crippen LogP contribution >= 0.6 is 24.0 Å². The van der Waals surface area contributed by atoms with Gasteiger partial charge in [0.15, 0.2) is 5.96 Å². The van der Waals surface area contributed by atoms with Crippen LogP contribution in [-0.2, 0) is 19.4 Å². The number of aliphatic imine (C=N–C) groups is 1. The van der Waals surface area contributed by atoms with Crippen molar-refractivity contribution in [1.82, 2.24) is 10.3 Å². The molecule has 116 valence electrons. The molecule has 1 heterocycles. The van der Waals surface area contributed by atoms with Crippen LogP contribution in [-0.4, -0.2) is 17.5 Å². The van der Waals surface area contributed by atoms with Crippen molar-refractivity contribution < 1.29 is 0 Å². The molecule has 0 aromatic carbocycles. The van der Waals surface area contributed by atoms with E-state index >= 15 is 0 Å². The van der Waals surface area contributed by atoms with Gasteiger partial charge in [0.1, 0.15) is 0 Å². The molecule has 0 saturated heterocycles. The lowest BCUT2D eigenvalue weighted by Crippen LogP contribution is -2.37. The number of guanidine groups is 1. The fraction of sp³-hybridized carbons (Fsp3) is 0.625. The average molecular weight is 400 g/mol. The lowest BCUT2D eigenvalue weighted by atomic mass is 9.85. The van der Waals surface area contributed by atoms with Gasteiger partial charge in [0.2, 0.25) is 0 Å². The molecule has 1 saturated carbocycles. The van der Waals surface area contributed by atoms with Crippen molar-refractivity contribution in [2.75, 3.05) is 6.54 Å². The molecular formula is C16H25IN4. The second-order valence-corrected chi connectivity index (χ2v) is 5.99. The predicted octanol–water partition coefficient (Wildman–Crippen LogP) is 2.78. The highest BCUT2D eigenvalue weighted by atomic mass is 127. The van der Waals surface area contributed by atoms with Gasteiger partial charge in [-0.1, -0.05) is 12.5 Å². The van der Waals surface area contributed by atoms with E-state index in [1.165, 1.54) is 49.8 Å². The minimum atomic E-state index is 0. The van der Waals surface area contributed by atoms with Gasteiger partial charge in [0, 0.05) is 12.2 Å². The van der Waals surface area contributed by atoms with Crippen molar-refractivity contribution in [2.24, 2.45) is 16.6 Å². The molecule has 0 spiro atoms. The van der Waals surface area contributed by atoms with Gasteiger partial charge in [-0.05, 0) is 56.1 Å². The average Bonchev–Trinajstić information content (AvgIpc) is 2.43. The van der Waals surface area contributed by atoms with Crippen molar-refractivity contribution >= 4 is 29.9 Å². The number of nitrogens with two attached hydrogens (primary N) is 1. The van der Waals surface area contributed by atoms with Crippen molar-refractivity contribution in [1.29, 1.82) is 0 Å². The summed E-state index contributed by atoms with van der Waals surface area (Å²) < 4.78 is 0. The molecule has 1 aromatic rings. The molecule has 5 heteroatoms. The molecule has 2 aliphatic rings. The maximum atomic E-state index is 5.90. The zero-order chi connectivity index (χ0) is 13.8. The van der Waals surface area contributed by atoms with Gasteiger partial charge < -0.3 is 11.1 Å². The van der Waals surface area contributed by atoms with Gasteiger partial charge in [-0.25, -0.2) is 4.99 Å². The monoisotopic (exact) mass is 400 g/mol. The van der Waals surface area contributed by atoms with Crippen molar-refractivity contribution in [3.05, 3.63) is 29.1 Å². The molecule has 21 heavy (non-hydrogen) atoms. The molecule has 2 aliphatic carbocycles. The molecular weight excluding hydrogens is 375 g/mol. The Balaban J connectivity index is 0.00000161.